The maximum atomic E-state index is 12.2. The standard InChI is InChI=1S/C20H26N2O/c1-4-15(2)18-10-12-19(13-11-18)22-16(3)20(23)21-14-17-8-6-5-7-9-17/h5-13,15-16,22H,4,14H2,1-3H3,(H,21,23)/t15-,16+/m0/s1. The number of hydrogen-bond donors (Lipinski definition) is 2. The predicted octanol–water partition coefficient (Wildman–Crippen LogP) is 4.32. The molecule has 0 bridgehead atoms. The van der Waals surface area contributed by atoms with Gasteiger partial charge in [0.25, 0.3) is 0 Å². The van der Waals surface area contributed by atoms with E-state index >= 15 is 0 Å². The number of amides is 1. The van der Waals surface area contributed by atoms with Crippen LogP contribution < -0.4 is 10.6 Å². The van der Waals surface area contributed by atoms with Crippen molar-refractivity contribution in [3.05, 3.63) is 65.7 Å². The zero-order valence-electron chi connectivity index (χ0n) is 14.2. The minimum atomic E-state index is -0.270. The Morgan fingerprint density at radius 2 is 1.65 bits per heavy atom. The highest BCUT2D eigenvalue weighted by molar-refractivity contribution is 5.84. The van der Waals surface area contributed by atoms with Gasteiger partial charge in [-0.25, -0.2) is 0 Å². The van der Waals surface area contributed by atoms with Crippen molar-refractivity contribution in [3.63, 3.8) is 0 Å². The van der Waals surface area contributed by atoms with E-state index in [9.17, 15) is 4.79 Å². The molecule has 2 rings (SSSR count). The maximum Gasteiger partial charge on any atom is 0.242 e. The second-order valence-corrected chi connectivity index (χ2v) is 6.00. The predicted molar refractivity (Wildman–Crippen MR) is 96.5 cm³/mol. The molecule has 0 aliphatic rings. The summed E-state index contributed by atoms with van der Waals surface area (Å²) in [7, 11) is 0. The van der Waals surface area contributed by atoms with E-state index in [0.29, 0.717) is 12.5 Å². The van der Waals surface area contributed by atoms with Gasteiger partial charge in [0.05, 0.1) is 0 Å². The first-order chi connectivity index (χ1) is 11.1. The third-order valence-corrected chi connectivity index (χ3v) is 4.18. The molecule has 0 aliphatic heterocycles. The molecule has 0 radical (unpaired) electrons. The molecule has 23 heavy (non-hydrogen) atoms. The van der Waals surface area contributed by atoms with E-state index in [-0.39, 0.29) is 11.9 Å². The number of hydrogen-bond acceptors (Lipinski definition) is 2. The van der Waals surface area contributed by atoms with Gasteiger partial charge in [0.2, 0.25) is 5.91 Å². The van der Waals surface area contributed by atoms with Crippen LogP contribution in [0, 0.1) is 0 Å². The molecule has 0 heterocycles. The normalized spacial score (nSPS) is 13.2. The largest absolute Gasteiger partial charge is 0.374 e. The highest BCUT2D eigenvalue weighted by Crippen LogP contribution is 2.20. The third-order valence-electron chi connectivity index (χ3n) is 4.18. The monoisotopic (exact) mass is 310 g/mol. The van der Waals surface area contributed by atoms with E-state index in [4.69, 9.17) is 0 Å². The molecule has 0 fully saturated rings. The molecule has 0 unspecified atom stereocenters. The Kier molecular flexibility index (Phi) is 6.21. The quantitative estimate of drug-likeness (QED) is 0.800. The van der Waals surface area contributed by atoms with Crippen molar-refractivity contribution in [1.82, 2.24) is 5.32 Å². The van der Waals surface area contributed by atoms with Crippen LogP contribution in [-0.2, 0) is 11.3 Å². The fourth-order valence-corrected chi connectivity index (χ4v) is 2.40. The summed E-state index contributed by atoms with van der Waals surface area (Å²) in [6.45, 7) is 6.85. The lowest BCUT2D eigenvalue weighted by molar-refractivity contribution is -0.121. The summed E-state index contributed by atoms with van der Waals surface area (Å²) in [5, 5.41) is 6.21. The van der Waals surface area contributed by atoms with Gasteiger partial charge >= 0.3 is 0 Å². The van der Waals surface area contributed by atoms with Gasteiger partial charge in [-0.3, -0.25) is 4.79 Å². The molecule has 0 aliphatic carbocycles. The van der Waals surface area contributed by atoms with Crippen molar-refractivity contribution in [2.75, 3.05) is 5.32 Å². The van der Waals surface area contributed by atoms with Gasteiger partial charge in [-0.1, -0.05) is 56.3 Å². The van der Waals surface area contributed by atoms with Crippen LogP contribution in [0.1, 0.15) is 44.2 Å². The van der Waals surface area contributed by atoms with Crippen molar-refractivity contribution in [3.8, 4) is 0 Å². The average Bonchev–Trinajstić information content (AvgIpc) is 2.60. The molecule has 0 spiro atoms. The zero-order chi connectivity index (χ0) is 16.7. The van der Waals surface area contributed by atoms with E-state index < -0.39 is 0 Å². The molecular formula is C20H26N2O. The van der Waals surface area contributed by atoms with E-state index in [1.807, 2.05) is 49.4 Å². The molecule has 2 atom stereocenters. The average molecular weight is 310 g/mol. The number of nitrogens with one attached hydrogen (secondary N) is 2. The van der Waals surface area contributed by atoms with Crippen LogP contribution in [0.25, 0.3) is 0 Å². The van der Waals surface area contributed by atoms with E-state index in [2.05, 4.69) is 36.6 Å². The van der Waals surface area contributed by atoms with Crippen molar-refractivity contribution in [2.24, 2.45) is 0 Å². The minimum absolute atomic E-state index is 0.000133. The SMILES string of the molecule is CC[C@H](C)c1ccc(N[C@H](C)C(=O)NCc2ccccc2)cc1. The van der Waals surface area contributed by atoms with Crippen molar-refractivity contribution < 1.29 is 4.79 Å². The molecular weight excluding hydrogens is 284 g/mol. The molecule has 2 aromatic carbocycles. The first-order valence-corrected chi connectivity index (χ1v) is 8.28. The van der Waals surface area contributed by atoms with Gasteiger partial charge in [-0.2, -0.15) is 0 Å². The second kappa shape index (κ2) is 8.37. The van der Waals surface area contributed by atoms with Crippen LogP contribution in [0.5, 0.6) is 0 Å². The Bertz CT molecular complexity index is 607. The fraction of sp³-hybridized carbons (Fsp3) is 0.350. The van der Waals surface area contributed by atoms with Crippen LogP contribution in [0.2, 0.25) is 0 Å². The summed E-state index contributed by atoms with van der Waals surface area (Å²) < 4.78 is 0. The molecule has 2 N–H and O–H groups in total. The third kappa shape index (κ3) is 5.13. The highest BCUT2D eigenvalue weighted by Gasteiger charge is 2.12. The summed E-state index contributed by atoms with van der Waals surface area (Å²) in [5.74, 6) is 0.565. The maximum absolute atomic E-state index is 12.2. The number of anilines is 1. The number of rotatable bonds is 7. The van der Waals surface area contributed by atoms with Crippen molar-refractivity contribution >= 4 is 11.6 Å². The molecule has 3 nitrogen and oxygen atoms in total. The summed E-state index contributed by atoms with van der Waals surface area (Å²) in [6.07, 6.45) is 1.13. The summed E-state index contributed by atoms with van der Waals surface area (Å²) >= 11 is 0. The first-order valence-electron chi connectivity index (χ1n) is 8.28. The lowest BCUT2D eigenvalue weighted by Crippen LogP contribution is -2.37. The topological polar surface area (TPSA) is 41.1 Å². The second-order valence-electron chi connectivity index (χ2n) is 6.00. The Balaban J connectivity index is 1.85. The zero-order valence-corrected chi connectivity index (χ0v) is 14.2. The van der Waals surface area contributed by atoms with E-state index in [1.165, 1.54) is 5.56 Å². The van der Waals surface area contributed by atoms with Crippen LogP contribution in [0.15, 0.2) is 54.6 Å². The van der Waals surface area contributed by atoms with Gasteiger partial charge < -0.3 is 10.6 Å². The first kappa shape index (κ1) is 17.1. The van der Waals surface area contributed by atoms with Crippen molar-refractivity contribution in [2.45, 2.75) is 45.7 Å². The smallest absolute Gasteiger partial charge is 0.242 e. The molecule has 122 valence electrons. The summed E-state index contributed by atoms with van der Waals surface area (Å²) in [5.41, 5.74) is 3.41. The lowest BCUT2D eigenvalue weighted by Gasteiger charge is -2.16. The lowest BCUT2D eigenvalue weighted by atomic mass is 9.98. The van der Waals surface area contributed by atoms with Gasteiger partial charge in [-0.05, 0) is 42.5 Å². The highest BCUT2D eigenvalue weighted by atomic mass is 16.2. The van der Waals surface area contributed by atoms with Gasteiger partial charge in [0.15, 0.2) is 0 Å². The summed E-state index contributed by atoms with van der Waals surface area (Å²) in [6, 6.07) is 18.0. The summed E-state index contributed by atoms with van der Waals surface area (Å²) in [4.78, 5) is 12.2. The molecule has 3 heteroatoms. The molecule has 0 saturated carbocycles. The fourth-order valence-electron chi connectivity index (χ4n) is 2.40. The molecule has 0 aromatic heterocycles. The van der Waals surface area contributed by atoms with Gasteiger partial charge in [0.1, 0.15) is 6.04 Å². The van der Waals surface area contributed by atoms with Crippen LogP contribution >= 0.6 is 0 Å². The van der Waals surface area contributed by atoms with Crippen LogP contribution in [-0.4, -0.2) is 11.9 Å². The van der Waals surface area contributed by atoms with E-state index in [1.54, 1.807) is 0 Å². The van der Waals surface area contributed by atoms with Crippen molar-refractivity contribution in [1.29, 1.82) is 0 Å². The molecule has 0 saturated heterocycles. The Morgan fingerprint density at radius 1 is 1.00 bits per heavy atom. The number of benzene rings is 2. The molecule has 2 aromatic rings. The number of carbonyl (C=O) groups excluding carboxylic acids is 1. The van der Waals surface area contributed by atoms with Crippen LogP contribution in [0.4, 0.5) is 5.69 Å². The van der Waals surface area contributed by atoms with Gasteiger partial charge in [0, 0.05) is 12.2 Å². The van der Waals surface area contributed by atoms with E-state index in [0.717, 1.165) is 17.7 Å². The van der Waals surface area contributed by atoms with Gasteiger partial charge in [-0.15, -0.1) is 0 Å². The number of carbonyl (C=O) groups is 1. The van der Waals surface area contributed by atoms with Crippen LogP contribution in [0.3, 0.4) is 0 Å². The Morgan fingerprint density at radius 3 is 2.26 bits per heavy atom. The molecule has 1 amide bonds. The Labute approximate surface area is 139 Å². The minimum Gasteiger partial charge on any atom is -0.374 e. The Hall–Kier alpha value is -2.29.